The third-order valence-electron chi connectivity index (χ3n) is 2.91. The average molecular weight is 316 g/mol. The number of halogens is 1. The van der Waals surface area contributed by atoms with Gasteiger partial charge in [0.1, 0.15) is 10.7 Å². The van der Waals surface area contributed by atoms with Gasteiger partial charge in [-0.25, -0.2) is 8.42 Å². The summed E-state index contributed by atoms with van der Waals surface area (Å²) in [6.07, 6.45) is 2.65. The minimum atomic E-state index is -3.48. The highest BCUT2D eigenvalue weighted by molar-refractivity contribution is 7.90. The Morgan fingerprint density at radius 2 is 2.05 bits per heavy atom. The van der Waals surface area contributed by atoms with Crippen molar-refractivity contribution in [3.63, 3.8) is 0 Å². The SMILES string of the molecule is COc1c(Cl)cc(-c2cnn(C)c2N)cc1S(C)(=O)=O. The lowest BCUT2D eigenvalue weighted by atomic mass is 10.1. The monoisotopic (exact) mass is 315 g/mol. The van der Waals surface area contributed by atoms with Crippen molar-refractivity contribution in [3.05, 3.63) is 23.4 Å². The van der Waals surface area contributed by atoms with Gasteiger partial charge in [-0.1, -0.05) is 11.6 Å². The normalized spacial score (nSPS) is 11.6. The zero-order valence-electron chi connectivity index (χ0n) is 11.2. The van der Waals surface area contributed by atoms with E-state index in [4.69, 9.17) is 22.1 Å². The predicted octanol–water partition coefficient (Wildman–Crippen LogP) is 1.73. The van der Waals surface area contributed by atoms with Crippen molar-refractivity contribution in [1.82, 2.24) is 9.78 Å². The van der Waals surface area contributed by atoms with E-state index in [9.17, 15) is 8.42 Å². The Hall–Kier alpha value is -1.73. The summed E-state index contributed by atoms with van der Waals surface area (Å²) in [5, 5.41) is 4.23. The molecule has 0 radical (unpaired) electrons. The van der Waals surface area contributed by atoms with Crippen LogP contribution in [-0.4, -0.2) is 31.6 Å². The Kier molecular flexibility index (Phi) is 3.66. The zero-order valence-corrected chi connectivity index (χ0v) is 12.8. The van der Waals surface area contributed by atoms with Gasteiger partial charge in [0.2, 0.25) is 0 Å². The number of methoxy groups -OCH3 is 1. The molecule has 6 nitrogen and oxygen atoms in total. The van der Waals surface area contributed by atoms with E-state index >= 15 is 0 Å². The van der Waals surface area contributed by atoms with Crippen LogP contribution in [-0.2, 0) is 16.9 Å². The first-order valence-corrected chi connectivity index (χ1v) is 7.88. The predicted molar refractivity (Wildman–Crippen MR) is 77.7 cm³/mol. The van der Waals surface area contributed by atoms with Crippen molar-refractivity contribution in [2.45, 2.75) is 4.90 Å². The molecule has 0 aliphatic rings. The maximum absolute atomic E-state index is 11.8. The Labute approximate surface area is 122 Å². The number of hydrogen-bond donors (Lipinski definition) is 1. The van der Waals surface area contributed by atoms with Gasteiger partial charge in [0.05, 0.1) is 18.3 Å². The number of anilines is 1. The molecule has 2 rings (SSSR count). The van der Waals surface area contributed by atoms with Crippen LogP contribution in [0.25, 0.3) is 11.1 Å². The van der Waals surface area contributed by atoms with Crippen molar-refractivity contribution < 1.29 is 13.2 Å². The summed E-state index contributed by atoms with van der Waals surface area (Å²) in [6, 6.07) is 3.08. The molecule has 0 spiro atoms. The van der Waals surface area contributed by atoms with Gasteiger partial charge in [0.25, 0.3) is 0 Å². The minimum Gasteiger partial charge on any atom is -0.494 e. The topological polar surface area (TPSA) is 87.2 Å². The van der Waals surface area contributed by atoms with Gasteiger partial charge in [-0.3, -0.25) is 4.68 Å². The van der Waals surface area contributed by atoms with Crippen LogP contribution in [0.4, 0.5) is 5.82 Å². The molecule has 0 bridgehead atoms. The Morgan fingerprint density at radius 1 is 1.40 bits per heavy atom. The number of benzene rings is 1. The lowest BCUT2D eigenvalue weighted by Crippen LogP contribution is -2.02. The highest BCUT2D eigenvalue weighted by Gasteiger charge is 2.20. The molecule has 0 saturated carbocycles. The smallest absolute Gasteiger partial charge is 0.179 e. The summed E-state index contributed by atoms with van der Waals surface area (Å²) >= 11 is 6.09. The first-order chi connectivity index (χ1) is 9.25. The van der Waals surface area contributed by atoms with Crippen LogP contribution in [0.15, 0.2) is 23.2 Å². The van der Waals surface area contributed by atoms with E-state index in [0.717, 1.165) is 6.26 Å². The number of sulfone groups is 1. The fourth-order valence-corrected chi connectivity index (χ4v) is 3.09. The molecule has 0 saturated heterocycles. The molecule has 0 unspecified atom stereocenters. The third kappa shape index (κ3) is 2.46. The Morgan fingerprint density at radius 3 is 2.50 bits per heavy atom. The Bertz CT molecular complexity index is 768. The summed E-state index contributed by atoms with van der Waals surface area (Å²) in [6.45, 7) is 0. The van der Waals surface area contributed by atoms with Gasteiger partial charge in [-0.05, 0) is 17.7 Å². The van der Waals surface area contributed by atoms with Gasteiger partial charge in [-0.2, -0.15) is 5.10 Å². The molecule has 8 heteroatoms. The molecule has 1 aromatic carbocycles. The van der Waals surface area contributed by atoms with Gasteiger partial charge in [-0.15, -0.1) is 0 Å². The fourth-order valence-electron chi connectivity index (χ4n) is 1.87. The quantitative estimate of drug-likeness (QED) is 0.932. The van der Waals surface area contributed by atoms with Gasteiger partial charge in [0, 0.05) is 18.9 Å². The standard InChI is InChI=1S/C12H14ClN3O3S/c1-16-12(14)8(6-15-16)7-4-9(13)11(19-2)10(5-7)20(3,17)18/h4-6H,14H2,1-3H3. The van der Waals surface area contributed by atoms with E-state index in [1.807, 2.05) is 0 Å². The lowest BCUT2D eigenvalue weighted by molar-refractivity contribution is 0.403. The molecule has 0 aliphatic carbocycles. The number of hydrogen-bond acceptors (Lipinski definition) is 5. The summed E-state index contributed by atoms with van der Waals surface area (Å²) in [7, 11) is -0.417. The molecule has 0 amide bonds. The first-order valence-electron chi connectivity index (χ1n) is 5.61. The van der Waals surface area contributed by atoms with E-state index in [0.29, 0.717) is 16.9 Å². The molecule has 1 heterocycles. The molecular weight excluding hydrogens is 302 g/mol. The second-order valence-corrected chi connectivity index (χ2v) is 6.72. The van der Waals surface area contributed by atoms with Crippen molar-refractivity contribution >= 4 is 27.3 Å². The second-order valence-electron chi connectivity index (χ2n) is 4.33. The fraction of sp³-hybridized carbons (Fsp3) is 0.250. The van der Waals surface area contributed by atoms with Crippen molar-refractivity contribution in [1.29, 1.82) is 0 Å². The van der Waals surface area contributed by atoms with Gasteiger partial charge in [0.15, 0.2) is 15.6 Å². The van der Waals surface area contributed by atoms with E-state index in [2.05, 4.69) is 5.10 Å². The highest BCUT2D eigenvalue weighted by atomic mass is 35.5. The number of aryl methyl sites for hydroxylation is 1. The molecule has 2 N–H and O–H groups in total. The molecule has 0 fully saturated rings. The number of nitrogens with zero attached hydrogens (tertiary/aromatic N) is 2. The highest BCUT2D eigenvalue weighted by Crippen LogP contribution is 2.38. The molecule has 1 aromatic heterocycles. The molecule has 0 atom stereocenters. The summed E-state index contributed by atoms with van der Waals surface area (Å²) in [5.74, 6) is 0.547. The van der Waals surface area contributed by atoms with Crippen LogP contribution in [0.2, 0.25) is 5.02 Å². The number of nitrogens with two attached hydrogens (primary N) is 1. The van der Waals surface area contributed by atoms with Crippen LogP contribution in [0.5, 0.6) is 5.75 Å². The second kappa shape index (κ2) is 4.99. The summed E-state index contributed by atoms with van der Waals surface area (Å²) < 4.78 is 30.3. The Balaban J connectivity index is 2.75. The van der Waals surface area contributed by atoms with Crippen LogP contribution in [0.1, 0.15) is 0 Å². The third-order valence-corrected chi connectivity index (χ3v) is 4.29. The number of aromatic nitrogens is 2. The van der Waals surface area contributed by atoms with Gasteiger partial charge < -0.3 is 10.5 Å². The first kappa shape index (κ1) is 14.7. The van der Waals surface area contributed by atoms with Crippen LogP contribution in [0, 0.1) is 0 Å². The molecule has 0 aliphatic heterocycles. The van der Waals surface area contributed by atoms with E-state index < -0.39 is 9.84 Å². The van der Waals surface area contributed by atoms with Crippen LogP contribution in [0.3, 0.4) is 0 Å². The summed E-state index contributed by atoms with van der Waals surface area (Å²) in [5.41, 5.74) is 7.08. The molecule has 2 aromatic rings. The molecule has 108 valence electrons. The van der Waals surface area contributed by atoms with Crippen molar-refractivity contribution in [3.8, 4) is 16.9 Å². The maximum Gasteiger partial charge on any atom is 0.179 e. The largest absolute Gasteiger partial charge is 0.494 e. The van der Waals surface area contributed by atoms with Gasteiger partial charge >= 0.3 is 0 Å². The molecule has 20 heavy (non-hydrogen) atoms. The number of nitrogen functional groups attached to an aromatic ring is 1. The maximum atomic E-state index is 11.8. The lowest BCUT2D eigenvalue weighted by Gasteiger charge is -2.11. The number of ether oxygens (including phenoxy) is 1. The molecular formula is C12H14ClN3O3S. The zero-order chi connectivity index (χ0) is 15.1. The van der Waals surface area contributed by atoms with E-state index in [1.54, 1.807) is 19.3 Å². The van der Waals surface area contributed by atoms with Crippen LogP contribution < -0.4 is 10.5 Å². The van der Waals surface area contributed by atoms with Crippen LogP contribution >= 0.6 is 11.6 Å². The van der Waals surface area contributed by atoms with E-state index in [1.165, 1.54) is 17.9 Å². The summed E-state index contributed by atoms with van der Waals surface area (Å²) in [4.78, 5) is 0.0192. The van der Waals surface area contributed by atoms with E-state index in [-0.39, 0.29) is 15.7 Å². The average Bonchev–Trinajstić information content (AvgIpc) is 2.68. The van der Waals surface area contributed by atoms with Crippen molar-refractivity contribution in [2.75, 3.05) is 19.1 Å². The van der Waals surface area contributed by atoms with Crippen molar-refractivity contribution in [2.24, 2.45) is 7.05 Å². The number of rotatable bonds is 3. The minimum absolute atomic E-state index is 0.0192.